The summed E-state index contributed by atoms with van der Waals surface area (Å²) >= 11 is 1.61. The van der Waals surface area contributed by atoms with E-state index in [1.165, 1.54) is 0 Å². The van der Waals surface area contributed by atoms with Crippen LogP contribution in [0.2, 0.25) is 0 Å². The number of nitrogens with two attached hydrogens (primary N) is 1. The fourth-order valence-electron chi connectivity index (χ4n) is 3.41. The van der Waals surface area contributed by atoms with Gasteiger partial charge in [-0.3, -0.25) is 4.79 Å². The summed E-state index contributed by atoms with van der Waals surface area (Å²) in [6, 6.07) is 2.25. The van der Waals surface area contributed by atoms with Crippen molar-refractivity contribution in [2.24, 2.45) is 11.7 Å². The highest BCUT2D eigenvalue weighted by molar-refractivity contribution is 8.04. The van der Waals surface area contributed by atoms with E-state index in [1.54, 1.807) is 18.0 Å². The molecule has 0 aromatic carbocycles. The molecular formula is C18H23N5OS. The van der Waals surface area contributed by atoms with Crippen molar-refractivity contribution in [2.45, 2.75) is 25.8 Å². The standard InChI is InChI=1S/C18H23N5OS/c1-11-8-21-17-16(11)14(4-5-20-17)23-6-7-25-15(10-23)18(24)22-9-12-2-3-13(12)19/h4-5,8,10,12-13H,2-3,6-7,9,19H2,1H3,(H,20,21)(H,22,24)/t12-,13-/m0/s1. The fourth-order valence-corrected chi connectivity index (χ4v) is 4.32. The van der Waals surface area contributed by atoms with Crippen LogP contribution in [0, 0.1) is 12.8 Å². The molecule has 0 saturated heterocycles. The van der Waals surface area contributed by atoms with Gasteiger partial charge in [-0.2, -0.15) is 0 Å². The highest BCUT2D eigenvalue weighted by Crippen LogP contribution is 2.32. The Kier molecular flexibility index (Phi) is 4.43. The largest absolute Gasteiger partial charge is 0.351 e. The van der Waals surface area contributed by atoms with Crippen molar-refractivity contribution < 1.29 is 4.79 Å². The van der Waals surface area contributed by atoms with Gasteiger partial charge in [0.1, 0.15) is 5.65 Å². The van der Waals surface area contributed by atoms with Crippen LogP contribution in [0.1, 0.15) is 18.4 Å². The van der Waals surface area contributed by atoms with Crippen molar-refractivity contribution in [3.05, 3.63) is 35.1 Å². The first-order chi connectivity index (χ1) is 12.1. The van der Waals surface area contributed by atoms with Crippen molar-refractivity contribution in [2.75, 3.05) is 23.7 Å². The fraction of sp³-hybridized carbons (Fsp3) is 0.444. The van der Waals surface area contributed by atoms with Gasteiger partial charge in [0, 0.05) is 48.9 Å². The normalized spacial score (nSPS) is 23.3. The summed E-state index contributed by atoms with van der Waals surface area (Å²) in [6.45, 7) is 3.62. The molecule has 2 aliphatic rings. The molecule has 132 valence electrons. The molecule has 0 bridgehead atoms. The third kappa shape index (κ3) is 3.14. The maximum absolute atomic E-state index is 12.5. The zero-order valence-electron chi connectivity index (χ0n) is 14.3. The Balaban J connectivity index is 1.53. The van der Waals surface area contributed by atoms with E-state index in [4.69, 9.17) is 5.73 Å². The molecule has 3 heterocycles. The molecule has 1 fully saturated rings. The zero-order chi connectivity index (χ0) is 17.4. The Morgan fingerprint density at radius 1 is 1.52 bits per heavy atom. The van der Waals surface area contributed by atoms with E-state index >= 15 is 0 Å². The molecule has 1 aliphatic heterocycles. The van der Waals surface area contributed by atoms with Crippen LogP contribution in [0.3, 0.4) is 0 Å². The van der Waals surface area contributed by atoms with Gasteiger partial charge >= 0.3 is 0 Å². The molecule has 25 heavy (non-hydrogen) atoms. The number of H-pyrrole nitrogens is 1. The molecule has 4 N–H and O–H groups in total. The predicted octanol–water partition coefficient (Wildman–Crippen LogP) is 2.12. The van der Waals surface area contributed by atoms with Gasteiger partial charge in [0.15, 0.2) is 0 Å². The van der Waals surface area contributed by atoms with Crippen molar-refractivity contribution in [3.8, 4) is 0 Å². The number of pyridine rings is 1. The summed E-state index contributed by atoms with van der Waals surface area (Å²) in [4.78, 5) is 23.0. The minimum atomic E-state index is 0.00453. The number of hydrogen-bond acceptors (Lipinski definition) is 5. The van der Waals surface area contributed by atoms with E-state index in [-0.39, 0.29) is 11.9 Å². The molecule has 4 rings (SSSR count). The van der Waals surface area contributed by atoms with Gasteiger partial charge in [0.25, 0.3) is 5.91 Å². The maximum atomic E-state index is 12.5. The number of thioether (sulfide) groups is 1. The van der Waals surface area contributed by atoms with Crippen LogP contribution in [0.15, 0.2) is 29.6 Å². The Labute approximate surface area is 151 Å². The molecule has 1 amide bonds. The highest BCUT2D eigenvalue weighted by Gasteiger charge is 2.28. The first-order valence-corrected chi connectivity index (χ1v) is 9.70. The van der Waals surface area contributed by atoms with Gasteiger partial charge in [-0.25, -0.2) is 4.98 Å². The summed E-state index contributed by atoms with van der Waals surface area (Å²) in [5, 5.41) is 4.16. The Morgan fingerprint density at radius 3 is 3.16 bits per heavy atom. The first kappa shape index (κ1) is 16.5. The van der Waals surface area contributed by atoms with Gasteiger partial charge < -0.3 is 20.9 Å². The molecule has 1 saturated carbocycles. The van der Waals surface area contributed by atoms with Crippen molar-refractivity contribution in [1.82, 2.24) is 15.3 Å². The van der Waals surface area contributed by atoms with E-state index < -0.39 is 0 Å². The molecule has 2 atom stereocenters. The van der Waals surface area contributed by atoms with E-state index in [9.17, 15) is 4.79 Å². The number of aromatic nitrogens is 2. The van der Waals surface area contributed by atoms with Gasteiger partial charge in [-0.1, -0.05) is 0 Å². The third-order valence-corrected chi connectivity index (χ3v) is 6.13. The lowest BCUT2D eigenvalue weighted by atomic mass is 9.80. The van der Waals surface area contributed by atoms with Gasteiger partial charge in [0.2, 0.25) is 0 Å². The van der Waals surface area contributed by atoms with E-state index in [0.717, 1.165) is 52.3 Å². The smallest absolute Gasteiger partial charge is 0.259 e. The first-order valence-electron chi connectivity index (χ1n) is 8.71. The summed E-state index contributed by atoms with van der Waals surface area (Å²) in [5.74, 6) is 1.32. The average Bonchev–Trinajstić information content (AvgIpc) is 3.02. The van der Waals surface area contributed by atoms with Crippen LogP contribution in [0.4, 0.5) is 5.69 Å². The highest BCUT2D eigenvalue weighted by atomic mass is 32.2. The molecule has 1 aliphatic carbocycles. The summed E-state index contributed by atoms with van der Waals surface area (Å²) in [7, 11) is 0. The molecule has 0 unspecified atom stereocenters. The molecular weight excluding hydrogens is 334 g/mol. The quantitative estimate of drug-likeness (QED) is 0.780. The summed E-state index contributed by atoms with van der Waals surface area (Å²) in [6.07, 6.45) is 7.92. The monoisotopic (exact) mass is 357 g/mol. The minimum Gasteiger partial charge on any atom is -0.351 e. The number of aromatic amines is 1. The maximum Gasteiger partial charge on any atom is 0.259 e. The van der Waals surface area contributed by atoms with Crippen molar-refractivity contribution in [3.63, 3.8) is 0 Å². The number of rotatable bonds is 4. The summed E-state index contributed by atoms with van der Waals surface area (Å²) < 4.78 is 0. The lowest BCUT2D eigenvalue weighted by molar-refractivity contribution is -0.117. The molecule has 2 aromatic rings. The van der Waals surface area contributed by atoms with Gasteiger partial charge in [0.05, 0.1) is 10.6 Å². The lowest BCUT2D eigenvalue weighted by Gasteiger charge is -2.33. The second kappa shape index (κ2) is 6.72. The van der Waals surface area contributed by atoms with E-state index in [2.05, 4.69) is 27.1 Å². The van der Waals surface area contributed by atoms with E-state index in [0.29, 0.717) is 12.5 Å². The number of nitrogens with one attached hydrogen (secondary N) is 2. The number of amides is 1. The second-order valence-corrected chi connectivity index (χ2v) is 7.91. The zero-order valence-corrected chi connectivity index (χ0v) is 15.1. The number of fused-ring (bicyclic) bond motifs is 1. The number of hydrogen-bond donors (Lipinski definition) is 3. The molecule has 0 spiro atoms. The number of anilines is 1. The molecule has 2 aromatic heterocycles. The predicted molar refractivity (Wildman–Crippen MR) is 102 cm³/mol. The number of aryl methyl sites for hydroxylation is 1. The van der Waals surface area contributed by atoms with Gasteiger partial charge in [-0.05, 0) is 37.3 Å². The lowest BCUT2D eigenvalue weighted by Crippen LogP contribution is -2.46. The Hall–Kier alpha value is -1.99. The van der Waals surface area contributed by atoms with Crippen LogP contribution in [0.25, 0.3) is 11.0 Å². The van der Waals surface area contributed by atoms with Crippen molar-refractivity contribution >= 4 is 34.4 Å². The van der Waals surface area contributed by atoms with Crippen molar-refractivity contribution in [1.29, 1.82) is 0 Å². The second-order valence-electron chi connectivity index (χ2n) is 6.77. The average molecular weight is 357 g/mol. The molecule has 6 nitrogen and oxygen atoms in total. The summed E-state index contributed by atoms with van der Waals surface area (Å²) in [5.41, 5.74) is 9.09. The number of nitrogens with zero attached hydrogens (tertiary/aromatic N) is 2. The van der Waals surface area contributed by atoms with Crippen LogP contribution in [-0.2, 0) is 4.79 Å². The van der Waals surface area contributed by atoms with Crippen LogP contribution in [0.5, 0.6) is 0 Å². The Morgan fingerprint density at radius 2 is 2.40 bits per heavy atom. The van der Waals surface area contributed by atoms with Crippen LogP contribution >= 0.6 is 11.8 Å². The van der Waals surface area contributed by atoms with Crippen LogP contribution in [-0.4, -0.2) is 40.8 Å². The van der Waals surface area contributed by atoms with Crippen LogP contribution < -0.4 is 16.0 Å². The third-order valence-electron chi connectivity index (χ3n) is 5.15. The number of carbonyl (C=O) groups is 1. The molecule has 0 radical (unpaired) electrons. The number of carbonyl (C=O) groups excluding carboxylic acids is 1. The Bertz CT molecular complexity index is 830. The minimum absolute atomic E-state index is 0.00453. The van der Waals surface area contributed by atoms with Gasteiger partial charge in [-0.15, -0.1) is 11.8 Å². The SMILES string of the molecule is Cc1c[nH]c2nccc(N3C=C(C(=O)NC[C@@H]4CC[C@@H]4N)SCC3)c12. The van der Waals surface area contributed by atoms with E-state index in [1.807, 2.05) is 18.5 Å². The topological polar surface area (TPSA) is 87.0 Å². The molecule has 7 heteroatoms.